The van der Waals surface area contributed by atoms with Crippen molar-refractivity contribution >= 4 is 6.41 Å². The van der Waals surface area contributed by atoms with Crippen LogP contribution in [0.1, 0.15) is 13.8 Å². The molecule has 3 nitrogen and oxygen atoms in total. The zero-order valence-corrected chi connectivity index (χ0v) is 6.82. The third-order valence-electron chi connectivity index (χ3n) is 2.52. The van der Waals surface area contributed by atoms with E-state index in [9.17, 15) is 4.79 Å². The minimum absolute atomic E-state index is 0.206. The van der Waals surface area contributed by atoms with Crippen LogP contribution in [-0.2, 0) is 4.79 Å². The van der Waals surface area contributed by atoms with Crippen LogP contribution in [0.25, 0.3) is 0 Å². The molecule has 0 aromatic carbocycles. The molecule has 0 bridgehead atoms. The van der Waals surface area contributed by atoms with E-state index in [0.717, 1.165) is 13.0 Å². The molecular formula is C8H12N2O. The first-order chi connectivity index (χ1) is 5.20. The monoisotopic (exact) mass is 152 g/mol. The predicted molar refractivity (Wildman–Crippen MR) is 40.5 cm³/mol. The van der Waals surface area contributed by atoms with Gasteiger partial charge < -0.3 is 4.90 Å². The Kier molecular flexibility index (Phi) is 2.13. The molecule has 1 aliphatic heterocycles. The van der Waals surface area contributed by atoms with Crippen LogP contribution in [0.2, 0.25) is 0 Å². The molecule has 1 aliphatic rings. The van der Waals surface area contributed by atoms with Gasteiger partial charge in [-0.05, 0) is 11.8 Å². The standard InChI is InChI=1S/C8H12N2O/c1-6-4-10(5-11)8(3-9)7(6)2/h5-8H,4H2,1-2H3. The summed E-state index contributed by atoms with van der Waals surface area (Å²) in [6.07, 6.45) is 0.772. The molecular weight excluding hydrogens is 140 g/mol. The average molecular weight is 152 g/mol. The molecule has 0 aliphatic carbocycles. The number of hydrogen-bond donors (Lipinski definition) is 0. The second-order valence-corrected chi connectivity index (χ2v) is 3.21. The summed E-state index contributed by atoms with van der Waals surface area (Å²) >= 11 is 0. The maximum Gasteiger partial charge on any atom is 0.210 e. The summed E-state index contributed by atoms with van der Waals surface area (Å²) in [4.78, 5) is 12.0. The summed E-state index contributed by atoms with van der Waals surface area (Å²) in [6.45, 7) is 4.81. The van der Waals surface area contributed by atoms with Gasteiger partial charge in [0, 0.05) is 6.54 Å². The molecule has 0 N–H and O–H groups in total. The van der Waals surface area contributed by atoms with Gasteiger partial charge in [-0.2, -0.15) is 5.26 Å². The van der Waals surface area contributed by atoms with Crippen LogP contribution in [0.4, 0.5) is 0 Å². The SMILES string of the molecule is CC1CN(C=O)C(C#N)C1C. The van der Waals surface area contributed by atoms with Crippen molar-refractivity contribution in [2.75, 3.05) is 6.54 Å². The summed E-state index contributed by atoms with van der Waals surface area (Å²) in [5.74, 6) is 0.759. The van der Waals surface area contributed by atoms with Gasteiger partial charge in [-0.3, -0.25) is 4.79 Å². The number of nitriles is 1. The summed E-state index contributed by atoms with van der Waals surface area (Å²) < 4.78 is 0. The summed E-state index contributed by atoms with van der Waals surface area (Å²) in [5.41, 5.74) is 0. The number of likely N-dealkylation sites (tertiary alicyclic amines) is 1. The van der Waals surface area contributed by atoms with Crippen molar-refractivity contribution in [2.24, 2.45) is 11.8 Å². The van der Waals surface area contributed by atoms with Crippen molar-refractivity contribution in [3.8, 4) is 6.07 Å². The Labute approximate surface area is 66.6 Å². The van der Waals surface area contributed by atoms with Crippen LogP contribution < -0.4 is 0 Å². The van der Waals surface area contributed by atoms with Gasteiger partial charge in [-0.25, -0.2) is 0 Å². The summed E-state index contributed by atoms with van der Waals surface area (Å²) in [7, 11) is 0. The van der Waals surface area contributed by atoms with E-state index in [2.05, 4.69) is 13.0 Å². The minimum Gasteiger partial charge on any atom is -0.329 e. The van der Waals surface area contributed by atoms with Gasteiger partial charge in [-0.1, -0.05) is 13.8 Å². The van der Waals surface area contributed by atoms with E-state index in [1.165, 1.54) is 0 Å². The van der Waals surface area contributed by atoms with Crippen LogP contribution in [0, 0.1) is 23.2 Å². The van der Waals surface area contributed by atoms with Gasteiger partial charge in [0.05, 0.1) is 6.07 Å². The Hall–Kier alpha value is -1.04. The second kappa shape index (κ2) is 2.91. The highest BCUT2D eigenvalue weighted by Gasteiger charge is 2.35. The molecule has 60 valence electrons. The maximum absolute atomic E-state index is 10.4. The molecule has 3 atom stereocenters. The minimum atomic E-state index is -0.206. The Bertz CT molecular complexity index is 197. The second-order valence-electron chi connectivity index (χ2n) is 3.21. The lowest BCUT2D eigenvalue weighted by molar-refractivity contribution is -0.118. The number of carbonyl (C=O) groups is 1. The Morgan fingerprint density at radius 2 is 2.27 bits per heavy atom. The molecule has 1 rings (SSSR count). The molecule has 1 amide bonds. The highest BCUT2D eigenvalue weighted by molar-refractivity contribution is 5.49. The van der Waals surface area contributed by atoms with E-state index in [1.54, 1.807) is 4.90 Å². The molecule has 0 aromatic rings. The smallest absolute Gasteiger partial charge is 0.210 e. The van der Waals surface area contributed by atoms with Crippen molar-refractivity contribution < 1.29 is 4.79 Å². The molecule has 1 fully saturated rings. The Morgan fingerprint density at radius 3 is 2.64 bits per heavy atom. The number of carbonyl (C=O) groups excluding carboxylic acids is 1. The Balaban J connectivity index is 2.74. The van der Waals surface area contributed by atoms with Gasteiger partial charge in [-0.15, -0.1) is 0 Å². The number of nitrogens with zero attached hydrogens (tertiary/aromatic N) is 2. The fourth-order valence-corrected chi connectivity index (χ4v) is 1.53. The van der Waals surface area contributed by atoms with E-state index in [4.69, 9.17) is 5.26 Å². The normalized spacial score (nSPS) is 36.8. The first-order valence-corrected chi connectivity index (χ1v) is 3.81. The van der Waals surface area contributed by atoms with Crippen LogP contribution in [0.5, 0.6) is 0 Å². The van der Waals surface area contributed by atoms with Crippen LogP contribution in [0.15, 0.2) is 0 Å². The number of rotatable bonds is 1. The fraction of sp³-hybridized carbons (Fsp3) is 0.750. The van der Waals surface area contributed by atoms with Crippen molar-refractivity contribution in [3.63, 3.8) is 0 Å². The highest BCUT2D eigenvalue weighted by atomic mass is 16.1. The van der Waals surface area contributed by atoms with Gasteiger partial charge in [0.25, 0.3) is 0 Å². The lowest BCUT2D eigenvalue weighted by Crippen LogP contribution is -2.29. The molecule has 3 unspecified atom stereocenters. The molecule has 1 saturated heterocycles. The molecule has 0 aromatic heterocycles. The predicted octanol–water partition coefficient (Wildman–Crippen LogP) is 0.623. The Morgan fingerprint density at radius 1 is 1.64 bits per heavy atom. The van der Waals surface area contributed by atoms with E-state index in [1.807, 2.05) is 6.92 Å². The molecule has 11 heavy (non-hydrogen) atoms. The quantitative estimate of drug-likeness (QED) is 0.517. The van der Waals surface area contributed by atoms with Crippen molar-refractivity contribution in [1.82, 2.24) is 4.90 Å². The number of hydrogen-bond acceptors (Lipinski definition) is 2. The van der Waals surface area contributed by atoms with Crippen LogP contribution in [-0.4, -0.2) is 23.9 Å². The van der Waals surface area contributed by atoms with Gasteiger partial charge in [0.2, 0.25) is 6.41 Å². The van der Waals surface area contributed by atoms with E-state index in [-0.39, 0.29) is 6.04 Å². The van der Waals surface area contributed by atoms with Crippen molar-refractivity contribution in [2.45, 2.75) is 19.9 Å². The molecule has 0 radical (unpaired) electrons. The van der Waals surface area contributed by atoms with Gasteiger partial charge in [0.1, 0.15) is 6.04 Å². The third kappa shape index (κ3) is 1.21. The fourth-order valence-electron chi connectivity index (χ4n) is 1.53. The largest absolute Gasteiger partial charge is 0.329 e. The van der Waals surface area contributed by atoms with Crippen molar-refractivity contribution in [1.29, 1.82) is 5.26 Å². The lowest BCUT2D eigenvalue weighted by atomic mass is 9.95. The lowest BCUT2D eigenvalue weighted by Gasteiger charge is -2.14. The highest BCUT2D eigenvalue weighted by Crippen LogP contribution is 2.27. The maximum atomic E-state index is 10.4. The first kappa shape index (κ1) is 8.06. The number of amides is 1. The van der Waals surface area contributed by atoms with E-state index in [0.29, 0.717) is 11.8 Å². The van der Waals surface area contributed by atoms with Gasteiger partial charge >= 0.3 is 0 Å². The topological polar surface area (TPSA) is 44.1 Å². The molecule has 3 heteroatoms. The van der Waals surface area contributed by atoms with Crippen LogP contribution in [0.3, 0.4) is 0 Å². The zero-order chi connectivity index (χ0) is 8.43. The van der Waals surface area contributed by atoms with E-state index >= 15 is 0 Å². The van der Waals surface area contributed by atoms with Crippen molar-refractivity contribution in [3.05, 3.63) is 0 Å². The first-order valence-electron chi connectivity index (χ1n) is 3.81. The zero-order valence-electron chi connectivity index (χ0n) is 6.82. The van der Waals surface area contributed by atoms with Gasteiger partial charge in [0.15, 0.2) is 0 Å². The van der Waals surface area contributed by atoms with Crippen LogP contribution >= 0.6 is 0 Å². The van der Waals surface area contributed by atoms with E-state index < -0.39 is 0 Å². The summed E-state index contributed by atoms with van der Waals surface area (Å²) in [6, 6.07) is 1.93. The molecule has 0 saturated carbocycles. The summed E-state index contributed by atoms with van der Waals surface area (Å²) in [5, 5.41) is 8.71. The third-order valence-corrected chi connectivity index (χ3v) is 2.52. The average Bonchev–Trinajstić information content (AvgIpc) is 2.28. The molecule has 0 spiro atoms. The molecule has 1 heterocycles.